The molecule has 14 nitrogen and oxygen atoms in total. The van der Waals surface area contributed by atoms with Crippen LogP contribution in [-0.4, -0.2) is 70.1 Å². The number of aryl methyl sites for hydroxylation is 2. The number of ether oxygens (including phenoxy) is 1. The van der Waals surface area contributed by atoms with E-state index in [0.717, 1.165) is 35.4 Å². The molecule has 0 saturated carbocycles. The van der Waals surface area contributed by atoms with Crippen LogP contribution in [0.2, 0.25) is 0 Å². The third-order valence-corrected chi connectivity index (χ3v) is 8.25. The summed E-state index contributed by atoms with van der Waals surface area (Å²) in [5.74, 6) is -1.78. The molecule has 1 saturated heterocycles. The van der Waals surface area contributed by atoms with Gasteiger partial charge in [0.1, 0.15) is 18.1 Å². The van der Waals surface area contributed by atoms with Gasteiger partial charge >= 0.3 is 10.3 Å². The lowest BCUT2D eigenvalue weighted by molar-refractivity contribution is -0.753. The lowest BCUT2D eigenvalue weighted by atomic mass is 9.86. The van der Waals surface area contributed by atoms with E-state index in [1.165, 1.54) is 12.3 Å². The van der Waals surface area contributed by atoms with Crippen molar-refractivity contribution >= 4 is 44.2 Å². The molecule has 220 valence electrons. The molecule has 1 aromatic carbocycles. The Labute approximate surface area is 241 Å². The zero-order chi connectivity index (χ0) is 29.7. The Morgan fingerprint density at radius 2 is 1.98 bits per heavy atom. The molecule has 1 aliphatic heterocycles. The number of aromatic nitrogens is 3. The van der Waals surface area contributed by atoms with Gasteiger partial charge in [-0.3, -0.25) is 14.1 Å². The van der Waals surface area contributed by atoms with Gasteiger partial charge in [-0.1, -0.05) is 17.3 Å². The molecule has 0 radical (unpaired) electrons. The average molecular weight is 607 g/mol. The number of β-lactam (4-membered cyclic amide) rings is 1. The molecule has 1 fully saturated rings. The molecule has 3 aromatic rings. The fraction of sp³-hybridized carbons (Fsp3) is 0.400. The van der Waals surface area contributed by atoms with Gasteiger partial charge in [-0.05, 0) is 37.6 Å². The molecule has 2 aromatic heterocycles. The molecule has 16 heteroatoms. The molecule has 5 N–H and O–H groups in total. The third kappa shape index (κ3) is 7.08. The molecular weight excluding hydrogens is 574 g/mol. The lowest BCUT2D eigenvalue weighted by Gasteiger charge is -2.41. The number of hydrogen-bond donors (Lipinski definition) is 3. The van der Waals surface area contributed by atoms with Crippen molar-refractivity contribution < 1.29 is 36.8 Å². The second kappa shape index (κ2) is 12.8. The number of nitrogens with two attached hydrogens (primary N) is 2. The normalized spacial score (nSPS) is 17.4. The molecule has 3 heterocycles. The number of benzene rings is 1. The largest absolute Gasteiger partial charge is 0.490 e. The number of hydrogen-bond acceptors (Lipinski definition) is 11. The van der Waals surface area contributed by atoms with Gasteiger partial charge in [-0.25, -0.2) is 9.29 Å². The summed E-state index contributed by atoms with van der Waals surface area (Å²) in [6.07, 6.45) is 4.66. The maximum Gasteiger partial charge on any atom is 0.362 e. The monoisotopic (exact) mass is 606 g/mol. The van der Waals surface area contributed by atoms with Gasteiger partial charge < -0.3 is 21.0 Å². The highest BCUT2D eigenvalue weighted by Crippen LogP contribution is 2.32. The van der Waals surface area contributed by atoms with Crippen LogP contribution >= 0.6 is 11.3 Å². The van der Waals surface area contributed by atoms with E-state index in [2.05, 4.69) is 21.0 Å². The van der Waals surface area contributed by atoms with Gasteiger partial charge in [0.05, 0.1) is 30.3 Å². The minimum atomic E-state index is -4.70. The van der Waals surface area contributed by atoms with Gasteiger partial charge in [0, 0.05) is 11.8 Å². The van der Waals surface area contributed by atoms with Gasteiger partial charge in [0.25, 0.3) is 0 Å². The van der Waals surface area contributed by atoms with E-state index in [1.54, 1.807) is 0 Å². The second-order valence-electron chi connectivity index (χ2n) is 9.40. The number of nitrogens with zero attached hydrogens (tertiary/aromatic N) is 5. The quantitative estimate of drug-likeness (QED) is 0.0589. The van der Waals surface area contributed by atoms with E-state index in [9.17, 15) is 22.6 Å². The SMILES string of the molecule is C[C@H]1[C@H](CC(=O)/C(=N\OCCOc2ccc(-c3cn(CCCN)[n+](C)c3)cc2)c2csc(N)n2)C(=O)N1S(=O)(=O)O. The van der Waals surface area contributed by atoms with Crippen LogP contribution in [0.5, 0.6) is 5.75 Å². The summed E-state index contributed by atoms with van der Waals surface area (Å²) >= 11 is 1.10. The Kier molecular flexibility index (Phi) is 9.37. The number of thiazole rings is 1. The van der Waals surface area contributed by atoms with E-state index in [4.69, 9.17) is 21.0 Å². The molecule has 0 aliphatic carbocycles. The van der Waals surface area contributed by atoms with Gasteiger partial charge in [-0.15, -0.1) is 16.0 Å². The Balaban J connectivity index is 1.33. The zero-order valence-corrected chi connectivity index (χ0v) is 24.2. The minimum absolute atomic E-state index is 0.00722. The van der Waals surface area contributed by atoms with Crippen molar-refractivity contribution in [3.05, 3.63) is 47.7 Å². The summed E-state index contributed by atoms with van der Waals surface area (Å²) in [7, 11) is -2.72. The maximum absolute atomic E-state index is 13.0. The summed E-state index contributed by atoms with van der Waals surface area (Å²) < 4.78 is 42.1. The molecule has 0 unspecified atom stereocenters. The van der Waals surface area contributed by atoms with Crippen LogP contribution < -0.4 is 20.9 Å². The highest BCUT2D eigenvalue weighted by molar-refractivity contribution is 7.84. The fourth-order valence-electron chi connectivity index (χ4n) is 4.40. The van der Waals surface area contributed by atoms with Gasteiger partial charge in [-0.2, -0.15) is 13.1 Å². The molecule has 0 bridgehead atoms. The van der Waals surface area contributed by atoms with E-state index < -0.39 is 34.0 Å². The first-order valence-corrected chi connectivity index (χ1v) is 15.0. The number of carbonyl (C=O) groups excluding carboxylic acids is 2. The Morgan fingerprint density at radius 3 is 2.59 bits per heavy atom. The van der Waals surface area contributed by atoms with Crippen LogP contribution in [0, 0.1) is 5.92 Å². The Hall–Kier alpha value is -3.86. The first-order valence-electron chi connectivity index (χ1n) is 12.7. The van der Waals surface area contributed by atoms with Crippen LogP contribution in [0.4, 0.5) is 5.13 Å². The molecule has 41 heavy (non-hydrogen) atoms. The standard InChI is InChI=1S/C25H31N7O7S2/c1-16-20(24(34)32(16)41(35,36)37)12-22(33)23(21-15-40-25(27)28-21)29-39-11-10-38-19-6-4-17(5-7-19)18-13-30(2)31(14-18)9-3-8-26/h4-7,13-16,20H,3,8-12,26H2,1-2H3,(H2-,27,28,35,36,37)/p+1/b29-23-/t16-,20-/m0/s1. The van der Waals surface area contributed by atoms with Crippen molar-refractivity contribution in [2.75, 3.05) is 25.5 Å². The van der Waals surface area contributed by atoms with E-state index in [0.29, 0.717) is 16.6 Å². The topological polar surface area (TPSA) is 196 Å². The van der Waals surface area contributed by atoms with Crippen molar-refractivity contribution in [2.24, 2.45) is 23.9 Å². The van der Waals surface area contributed by atoms with E-state index in [-0.39, 0.29) is 36.2 Å². The first-order chi connectivity index (χ1) is 19.5. The fourth-order valence-corrected chi connectivity index (χ4v) is 5.88. The molecule has 2 atom stereocenters. The number of nitrogen functional groups attached to an aromatic ring is 1. The van der Waals surface area contributed by atoms with Gasteiger partial charge in [0.2, 0.25) is 12.1 Å². The Bertz CT molecular complexity index is 1530. The van der Waals surface area contributed by atoms with Crippen molar-refractivity contribution in [3.63, 3.8) is 0 Å². The highest BCUT2D eigenvalue weighted by atomic mass is 32.2. The minimum Gasteiger partial charge on any atom is -0.490 e. The van der Waals surface area contributed by atoms with E-state index >= 15 is 0 Å². The number of amides is 1. The predicted octanol–water partition coefficient (Wildman–Crippen LogP) is 0.776. The lowest BCUT2D eigenvalue weighted by Crippen LogP contribution is -2.62. The molecule has 0 spiro atoms. The number of Topliss-reactive ketones (excluding diaryl/α,β-unsaturated/α-hetero) is 1. The average Bonchev–Trinajstić information content (AvgIpc) is 3.52. The van der Waals surface area contributed by atoms with Crippen molar-refractivity contribution in [1.82, 2.24) is 14.0 Å². The summed E-state index contributed by atoms with van der Waals surface area (Å²) in [6.45, 7) is 3.03. The number of ketones is 1. The van der Waals surface area contributed by atoms with Crippen LogP contribution in [0.1, 0.15) is 25.5 Å². The highest BCUT2D eigenvalue weighted by Gasteiger charge is 2.51. The van der Waals surface area contributed by atoms with Crippen LogP contribution in [-0.2, 0) is 38.3 Å². The van der Waals surface area contributed by atoms with E-state index in [1.807, 2.05) is 42.2 Å². The number of anilines is 1. The first kappa shape index (κ1) is 30.1. The molecular formula is C25H32N7O7S2+. The molecule has 1 aliphatic rings. The summed E-state index contributed by atoms with van der Waals surface area (Å²) in [5.41, 5.74) is 13.4. The van der Waals surface area contributed by atoms with Crippen LogP contribution in [0.3, 0.4) is 0 Å². The summed E-state index contributed by atoms with van der Waals surface area (Å²) in [4.78, 5) is 34.6. The predicted molar refractivity (Wildman–Crippen MR) is 150 cm³/mol. The number of rotatable bonds is 14. The number of oxime groups is 1. The van der Waals surface area contributed by atoms with Crippen molar-refractivity contribution in [3.8, 4) is 16.9 Å². The van der Waals surface area contributed by atoms with Crippen molar-refractivity contribution in [1.29, 1.82) is 0 Å². The van der Waals surface area contributed by atoms with Gasteiger partial charge in [0.15, 0.2) is 30.3 Å². The second-order valence-corrected chi connectivity index (χ2v) is 11.6. The maximum atomic E-state index is 13.0. The summed E-state index contributed by atoms with van der Waals surface area (Å²) in [6, 6.07) is 6.70. The molecule has 1 amide bonds. The zero-order valence-electron chi connectivity index (χ0n) is 22.5. The number of carbonyl (C=O) groups is 2. The van der Waals surface area contributed by atoms with Crippen LogP contribution in [0.15, 0.2) is 47.2 Å². The third-order valence-electron chi connectivity index (χ3n) is 6.57. The summed E-state index contributed by atoms with van der Waals surface area (Å²) in [5, 5.41) is 5.66. The van der Waals surface area contributed by atoms with Crippen molar-refractivity contribution in [2.45, 2.75) is 32.4 Å². The smallest absolute Gasteiger partial charge is 0.362 e. The van der Waals surface area contributed by atoms with Crippen LogP contribution in [0.25, 0.3) is 11.1 Å². The molecule has 4 rings (SSSR count). The Morgan fingerprint density at radius 1 is 1.24 bits per heavy atom.